The van der Waals surface area contributed by atoms with Crippen LogP contribution < -0.4 is 10.1 Å². The molecule has 0 bridgehead atoms. The first-order valence-electron chi connectivity index (χ1n) is 6.70. The van der Waals surface area contributed by atoms with Crippen molar-refractivity contribution in [2.24, 2.45) is 7.05 Å². The number of rotatable bonds is 5. The highest BCUT2D eigenvalue weighted by molar-refractivity contribution is 5.30. The van der Waals surface area contributed by atoms with Crippen molar-refractivity contribution in [1.29, 1.82) is 0 Å². The Bertz CT molecular complexity index is 417. The molecule has 0 radical (unpaired) electrons. The van der Waals surface area contributed by atoms with E-state index in [1.807, 2.05) is 21.0 Å². The van der Waals surface area contributed by atoms with Crippen LogP contribution >= 0.6 is 0 Å². The van der Waals surface area contributed by atoms with Gasteiger partial charge in [-0.25, -0.2) is 4.68 Å². The third kappa shape index (κ3) is 3.26. The molecule has 1 aliphatic heterocycles. The second-order valence-electron chi connectivity index (χ2n) is 4.98. The molecule has 1 unspecified atom stereocenters. The number of methoxy groups -OCH3 is 1. The smallest absolute Gasteiger partial charge is 0.216 e. The van der Waals surface area contributed by atoms with Crippen LogP contribution in [0.3, 0.4) is 0 Å². The van der Waals surface area contributed by atoms with E-state index in [9.17, 15) is 0 Å². The molecule has 6 heteroatoms. The summed E-state index contributed by atoms with van der Waals surface area (Å²) in [7, 11) is 5.57. The molecule has 108 valence electrons. The highest BCUT2D eigenvalue weighted by atomic mass is 16.5. The van der Waals surface area contributed by atoms with E-state index < -0.39 is 0 Å². The summed E-state index contributed by atoms with van der Waals surface area (Å²) in [5.74, 6) is 0.856. The van der Waals surface area contributed by atoms with Gasteiger partial charge in [-0.1, -0.05) is 0 Å². The fraction of sp³-hybridized carbons (Fsp3) is 0.769. The molecule has 0 amide bonds. The first-order valence-corrected chi connectivity index (χ1v) is 6.70. The Labute approximate surface area is 114 Å². The molecular weight excluding hydrogens is 244 g/mol. The lowest BCUT2D eigenvalue weighted by Gasteiger charge is -2.32. The Morgan fingerprint density at radius 3 is 3.00 bits per heavy atom. The summed E-state index contributed by atoms with van der Waals surface area (Å²) in [6.07, 6.45) is 0.265. The van der Waals surface area contributed by atoms with Crippen LogP contribution in [0.1, 0.15) is 11.3 Å². The first-order chi connectivity index (χ1) is 9.15. The van der Waals surface area contributed by atoms with Gasteiger partial charge in [0.25, 0.3) is 0 Å². The summed E-state index contributed by atoms with van der Waals surface area (Å²) in [6.45, 7) is 6.47. The van der Waals surface area contributed by atoms with Crippen LogP contribution in [-0.4, -0.2) is 61.2 Å². The van der Waals surface area contributed by atoms with Gasteiger partial charge < -0.3 is 14.8 Å². The average Bonchev–Trinajstić information content (AvgIpc) is 2.65. The monoisotopic (exact) mass is 268 g/mol. The Morgan fingerprint density at radius 2 is 2.32 bits per heavy atom. The molecule has 0 saturated carbocycles. The summed E-state index contributed by atoms with van der Waals surface area (Å²) < 4.78 is 13.0. The Morgan fingerprint density at radius 1 is 1.53 bits per heavy atom. The molecule has 1 atom stereocenters. The normalized spacial score (nSPS) is 20.7. The molecular formula is C13H24N4O2. The number of likely N-dealkylation sites (N-methyl/N-ethyl adjacent to an activating group) is 1. The molecule has 1 fully saturated rings. The van der Waals surface area contributed by atoms with E-state index >= 15 is 0 Å². The summed E-state index contributed by atoms with van der Waals surface area (Å²) in [5, 5.41) is 7.59. The van der Waals surface area contributed by atoms with Gasteiger partial charge in [0.05, 0.1) is 31.1 Å². The summed E-state index contributed by atoms with van der Waals surface area (Å²) >= 11 is 0. The molecule has 2 heterocycles. The molecule has 1 aromatic rings. The molecule has 6 nitrogen and oxygen atoms in total. The maximum Gasteiger partial charge on any atom is 0.216 e. The minimum atomic E-state index is 0.265. The summed E-state index contributed by atoms with van der Waals surface area (Å²) in [4.78, 5) is 2.40. The van der Waals surface area contributed by atoms with E-state index in [1.54, 1.807) is 11.8 Å². The molecule has 1 N–H and O–H groups in total. The molecule has 0 spiro atoms. The van der Waals surface area contributed by atoms with Crippen LogP contribution in [0.2, 0.25) is 0 Å². The van der Waals surface area contributed by atoms with Crippen molar-refractivity contribution < 1.29 is 9.47 Å². The van der Waals surface area contributed by atoms with Crippen LogP contribution in [0.5, 0.6) is 5.88 Å². The van der Waals surface area contributed by atoms with Gasteiger partial charge >= 0.3 is 0 Å². The van der Waals surface area contributed by atoms with Crippen LogP contribution in [0, 0.1) is 6.92 Å². The highest BCUT2D eigenvalue weighted by Crippen LogP contribution is 2.23. The van der Waals surface area contributed by atoms with Gasteiger partial charge in [0.2, 0.25) is 5.88 Å². The second kappa shape index (κ2) is 6.36. The number of nitrogens with zero attached hydrogens (tertiary/aromatic N) is 3. The van der Waals surface area contributed by atoms with E-state index in [2.05, 4.69) is 15.3 Å². The number of hydrogen-bond acceptors (Lipinski definition) is 5. The van der Waals surface area contributed by atoms with Gasteiger partial charge in [-0.15, -0.1) is 0 Å². The Balaban J connectivity index is 2.04. The highest BCUT2D eigenvalue weighted by Gasteiger charge is 2.23. The molecule has 1 aliphatic rings. The molecule has 1 saturated heterocycles. The Kier molecular flexibility index (Phi) is 4.79. The van der Waals surface area contributed by atoms with Gasteiger partial charge in [0, 0.05) is 33.2 Å². The van der Waals surface area contributed by atoms with Crippen LogP contribution in [0.4, 0.5) is 0 Å². The Hall–Kier alpha value is -1.11. The van der Waals surface area contributed by atoms with Crippen molar-refractivity contribution in [2.45, 2.75) is 19.6 Å². The average molecular weight is 268 g/mol. The number of aromatic nitrogens is 2. The molecule has 1 aromatic heterocycles. The second-order valence-corrected chi connectivity index (χ2v) is 4.98. The van der Waals surface area contributed by atoms with Gasteiger partial charge in [-0.05, 0) is 14.0 Å². The van der Waals surface area contributed by atoms with Gasteiger partial charge in [0.15, 0.2) is 0 Å². The van der Waals surface area contributed by atoms with E-state index in [-0.39, 0.29) is 6.10 Å². The van der Waals surface area contributed by atoms with Crippen LogP contribution in [0.25, 0.3) is 0 Å². The quantitative estimate of drug-likeness (QED) is 0.824. The molecule has 0 aliphatic carbocycles. The van der Waals surface area contributed by atoms with Crippen molar-refractivity contribution in [1.82, 2.24) is 20.0 Å². The summed E-state index contributed by atoms with van der Waals surface area (Å²) in [5.41, 5.74) is 2.21. The largest absolute Gasteiger partial charge is 0.481 e. The fourth-order valence-corrected chi connectivity index (χ4v) is 2.62. The zero-order chi connectivity index (χ0) is 13.8. The first kappa shape index (κ1) is 14.3. The predicted molar refractivity (Wildman–Crippen MR) is 73.4 cm³/mol. The van der Waals surface area contributed by atoms with Crippen molar-refractivity contribution in [2.75, 3.05) is 40.4 Å². The maximum absolute atomic E-state index is 5.72. The number of morpholine rings is 1. The van der Waals surface area contributed by atoms with E-state index in [0.29, 0.717) is 0 Å². The summed E-state index contributed by atoms with van der Waals surface area (Å²) in [6, 6.07) is 0. The van der Waals surface area contributed by atoms with Crippen molar-refractivity contribution in [3.05, 3.63) is 11.3 Å². The lowest BCUT2D eigenvalue weighted by molar-refractivity contribution is -0.0293. The fourth-order valence-electron chi connectivity index (χ4n) is 2.62. The predicted octanol–water partition coefficient (Wildman–Crippen LogP) is 0.157. The molecule has 0 aromatic carbocycles. The lowest BCUT2D eigenvalue weighted by atomic mass is 10.2. The third-order valence-corrected chi connectivity index (χ3v) is 3.52. The minimum absolute atomic E-state index is 0.265. The van der Waals surface area contributed by atoms with Crippen LogP contribution in [-0.2, 0) is 18.3 Å². The zero-order valence-corrected chi connectivity index (χ0v) is 12.3. The molecule has 19 heavy (non-hydrogen) atoms. The van der Waals surface area contributed by atoms with Gasteiger partial charge in [-0.2, -0.15) is 5.10 Å². The number of ether oxygens (including phenoxy) is 2. The number of hydrogen-bond donors (Lipinski definition) is 1. The number of nitrogens with one attached hydrogen (secondary N) is 1. The van der Waals surface area contributed by atoms with E-state index in [1.165, 1.54) is 5.56 Å². The minimum Gasteiger partial charge on any atom is -0.481 e. The molecule has 2 rings (SSSR count). The lowest BCUT2D eigenvalue weighted by Crippen LogP contribution is -2.45. The van der Waals surface area contributed by atoms with Gasteiger partial charge in [0.1, 0.15) is 0 Å². The SMILES string of the molecule is CNCC1CN(Cc2c(C)nn(C)c2OC)CCO1. The van der Waals surface area contributed by atoms with Crippen molar-refractivity contribution in [3.8, 4) is 5.88 Å². The zero-order valence-electron chi connectivity index (χ0n) is 12.3. The number of aryl methyl sites for hydroxylation is 2. The maximum atomic E-state index is 5.72. The van der Waals surface area contributed by atoms with E-state index in [4.69, 9.17) is 9.47 Å². The van der Waals surface area contributed by atoms with E-state index in [0.717, 1.165) is 44.4 Å². The van der Waals surface area contributed by atoms with Gasteiger partial charge in [-0.3, -0.25) is 4.90 Å². The van der Waals surface area contributed by atoms with Crippen LogP contribution in [0.15, 0.2) is 0 Å². The van der Waals surface area contributed by atoms with Crippen molar-refractivity contribution >= 4 is 0 Å². The standard InChI is InChI=1S/C13H24N4O2/c1-10-12(13(18-4)16(3)15-10)9-17-5-6-19-11(8-17)7-14-2/h11,14H,5-9H2,1-4H3. The third-order valence-electron chi connectivity index (χ3n) is 3.52. The van der Waals surface area contributed by atoms with Crippen molar-refractivity contribution in [3.63, 3.8) is 0 Å². The topological polar surface area (TPSA) is 51.6 Å².